The Labute approximate surface area is 138 Å². The summed E-state index contributed by atoms with van der Waals surface area (Å²) >= 11 is 0. The van der Waals surface area contributed by atoms with Crippen LogP contribution in [0.2, 0.25) is 0 Å². The van der Waals surface area contributed by atoms with Crippen LogP contribution in [0, 0.1) is 0 Å². The molecule has 0 radical (unpaired) electrons. The second-order valence-electron chi connectivity index (χ2n) is 5.07. The Morgan fingerprint density at radius 1 is 0.960 bits per heavy atom. The zero-order chi connectivity index (χ0) is 18.0. The smallest absolute Gasteiger partial charge is 0.418 e. The molecule has 1 aromatic heterocycles. The Morgan fingerprint density at radius 2 is 1.72 bits per heavy atom. The molecule has 0 spiro atoms. The molecular formula is C16H11F3N4O2. The van der Waals surface area contributed by atoms with Crippen molar-refractivity contribution in [3.8, 4) is 17.0 Å². The molecule has 0 aliphatic carbocycles. The fourth-order valence-corrected chi connectivity index (χ4v) is 2.22. The van der Waals surface area contributed by atoms with E-state index in [1.807, 2.05) is 0 Å². The Bertz CT molecular complexity index is 989. The Hall–Kier alpha value is -3.36. The van der Waals surface area contributed by atoms with Crippen molar-refractivity contribution in [2.75, 3.05) is 0 Å². The molecule has 128 valence electrons. The largest absolute Gasteiger partial charge is 0.508 e. The summed E-state index contributed by atoms with van der Waals surface area (Å²) in [5.74, 6) is -0.0372. The number of alkyl halides is 3. The number of nitrogens with one attached hydrogen (secondary N) is 2. The lowest BCUT2D eigenvalue weighted by Crippen LogP contribution is -2.04. The third kappa shape index (κ3) is 3.44. The summed E-state index contributed by atoms with van der Waals surface area (Å²) in [5, 5.41) is 21.7. The van der Waals surface area contributed by atoms with Crippen molar-refractivity contribution in [3.63, 3.8) is 0 Å². The molecule has 6 nitrogen and oxygen atoms in total. The van der Waals surface area contributed by atoms with Gasteiger partial charge in [0.05, 0.1) is 16.9 Å². The van der Waals surface area contributed by atoms with Crippen molar-refractivity contribution in [2.45, 2.75) is 6.18 Å². The quantitative estimate of drug-likeness (QED) is 0.608. The predicted molar refractivity (Wildman–Crippen MR) is 84.1 cm³/mol. The number of hydrogen-bond donors (Lipinski definition) is 3. The van der Waals surface area contributed by atoms with Crippen LogP contribution in [-0.2, 0) is 6.18 Å². The lowest BCUT2D eigenvalue weighted by atomic mass is 10.1. The van der Waals surface area contributed by atoms with E-state index in [0.29, 0.717) is 5.56 Å². The number of phenols is 1. The Kier molecular flexibility index (Phi) is 4.14. The minimum absolute atomic E-state index is 0.0372. The fraction of sp³-hybridized carbons (Fsp3) is 0.0625. The maximum Gasteiger partial charge on any atom is 0.418 e. The van der Waals surface area contributed by atoms with Gasteiger partial charge in [-0.1, -0.05) is 24.3 Å². The van der Waals surface area contributed by atoms with E-state index in [9.17, 15) is 23.1 Å². The van der Waals surface area contributed by atoms with Crippen LogP contribution < -0.4 is 5.56 Å². The van der Waals surface area contributed by atoms with Gasteiger partial charge in [0.25, 0.3) is 5.56 Å². The molecule has 3 N–H and O–H groups in total. The first-order valence-electron chi connectivity index (χ1n) is 7.04. The molecule has 25 heavy (non-hydrogen) atoms. The first-order chi connectivity index (χ1) is 11.9. The van der Waals surface area contributed by atoms with Crippen LogP contribution in [0.3, 0.4) is 0 Å². The Morgan fingerprint density at radius 3 is 2.44 bits per heavy atom. The molecular weight excluding hydrogens is 337 g/mol. The molecule has 0 atom stereocenters. The van der Waals surface area contributed by atoms with E-state index in [1.165, 1.54) is 24.3 Å². The average Bonchev–Trinajstić information content (AvgIpc) is 2.93. The highest BCUT2D eigenvalue weighted by Gasteiger charge is 2.33. The van der Waals surface area contributed by atoms with E-state index in [-0.39, 0.29) is 17.1 Å². The van der Waals surface area contributed by atoms with Gasteiger partial charge in [0, 0.05) is 5.56 Å². The molecule has 2 aromatic carbocycles. The van der Waals surface area contributed by atoms with Crippen LogP contribution in [-0.4, -0.2) is 15.3 Å². The van der Waals surface area contributed by atoms with Crippen LogP contribution in [0.5, 0.6) is 5.75 Å². The highest BCUT2D eigenvalue weighted by Crippen LogP contribution is 2.37. The fourth-order valence-electron chi connectivity index (χ4n) is 2.22. The third-order valence-electron chi connectivity index (χ3n) is 3.35. The number of rotatable bonds is 3. The number of nitrogens with zero attached hydrogens (tertiary/aromatic N) is 2. The van der Waals surface area contributed by atoms with Crippen molar-refractivity contribution in [3.05, 3.63) is 64.4 Å². The highest BCUT2D eigenvalue weighted by molar-refractivity contribution is 5.72. The molecule has 0 fully saturated rings. The zero-order valence-corrected chi connectivity index (χ0v) is 12.5. The zero-order valence-electron chi connectivity index (χ0n) is 12.5. The summed E-state index contributed by atoms with van der Waals surface area (Å²) in [6, 6.07) is 10.6. The monoisotopic (exact) mass is 348 g/mol. The second kappa shape index (κ2) is 6.27. The van der Waals surface area contributed by atoms with Crippen LogP contribution >= 0.6 is 0 Å². The average molecular weight is 348 g/mol. The topological polar surface area (TPSA) is 93.6 Å². The third-order valence-corrected chi connectivity index (χ3v) is 3.35. The molecule has 0 aliphatic heterocycles. The predicted octanol–water partition coefficient (Wildman–Crippen LogP) is 4.51. The van der Waals surface area contributed by atoms with Gasteiger partial charge in [-0.25, -0.2) is 0 Å². The molecule has 0 unspecified atom stereocenters. The van der Waals surface area contributed by atoms with Gasteiger partial charge in [0.2, 0.25) is 0 Å². The number of aromatic hydroxyl groups is 1. The molecule has 0 amide bonds. The molecule has 0 saturated carbocycles. The van der Waals surface area contributed by atoms with Gasteiger partial charge in [-0.05, 0) is 24.3 Å². The molecule has 3 rings (SSSR count). The van der Waals surface area contributed by atoms with E-state index in [2.05, 4.69) is 20.4 Å². The number of aromatic amines is 2. The lowest BCUT2D eigenvalue weighted by molar-refractivity contribution is -0.137. The number of phenolic OH excluding ortho intramolecular Hbond substituents is 1. The Balaban J connectivity index is 2.05. The van der Waals surface area contributed by atoms with Crippen LogP contribution in [0.15, 0.2) is 63.6 Å². The van der Waals surface area contributed by atoms with E-state index < -0.39 is 23.0 Å². The van der Waals surface area contributed by atoms with Gasteiger partial charge in [-0.2, -0.15) is 13.2 Å². The summed E-state index contributed by atoms with van der Waals surface area (Å²) < 4.78 is 38.9. The van der Waals surface area contributed by atoms with Crippen LogP contribution in [0.25, 0.3) is 11.3 Å². The molecule has 9 heteroatoms. The maximum atomic E-state index is 13.0. The second-order valence-corrected chi connectivity index (χ2v) is 5.07. The number of aromatic nitrogens is 2. The molecule has 3 aromatic rings. The lowest BCUT2D eigenvalue weighted by Gasteiger charge is -2.08. The van der Waals surface area contributed by atoms with Gasteiger partial charge in [-0.15, -0.1) is 10.2 Å². The first kappa shape index (κ1) is 16.5. The summed E-state index contributed by atoms with van der Waals surface area (Å²) in [6.07, 6.45) is -4.59. The molecule has 0 saturated heterocycles. The van der Waals surface area contributed by atoms with Gasteiger partial charge in [0.1, 0.15) is 5.75 Å². The van der Waals surface area contributed by atoms with Crippen molar-refractivity contribution < 1.29 is 18.3 Å². The van der Waals surface area contributed by atoms with Crippen molar-refractivity contribution in [1.29, 1.82) is 0 Å². The number of azo groups is 1. The summed E-state index contributed by atoms with van der Waals surface area (Å²) in [7, 11) is 0. The summed E-state index contributed by atoms with van der Waals surface area (Å²) in [6.45, 7) is 0. The van der Waals surface area contributed by atoms with E-state index >= 15 is 0 Å². The number of H-pyrrole nitrogens is 2. The van der Waals surface area contributed by atoms with Gasteiger partial charge < -0.3 is 5.11 Å². The van der Waals surface area contributed by atoms with E-state index in [0.717, 1.165) is 12.1 Å². The highest BCUT2D eigenvalue weighted by atomic mass is 19.4. The number of benzene rings is 2. The van der Waals surface area contributed by atoms with Gasteiger partial charge in [-0.3, -0.25) is 15.0 Å². The van der Waals surface area contributed by atoms with Crippen molar-refractivity contribution in [1.82, 2.24) is 10.2 Å². The number of halogens is 3. The van der Waals surface area contributed by atoms with E-state index in [4.69, 9.17) is 0 Å². The standard InChI is InChI=1S/C16H11F3N4O2/c17-16(18,19)11-6-1-2-7-12(11)20-22-14-13(21-23-15(14)25)9-4-3-5-10(24)8-9/h1-8,24H,(H2,21,23,25). The normalized spacial score (nSPS) is 12.0. The molecule has 0 aliphatic rings. The van der Waals surface area contributed by atoms with Gasteiger partial charge >= 0.3 is 6.18 Å². The molecule has 1 heterocycles. The molecule has 0 bridgehead atoms. The maximum absolute atomic E-state index is 13.0. The van der Waals surface area contributed by atoms with Crippen molar-refractivity contribution in [2.24, 2.45) is 10.2 Å². The minimum atomic E-state index is -4.59. The minimum Gasteiger partial charge on any atom is -0.508 e. The van der Waals surface area contributed by atoms with E-state index in [1.54, 1.807) is 12.1 Å². The summed E-state index contributed by atoms with van der Waals surface area (Å²) in [5.41, 5.74) is -1.57. The first-order valence-corrected chi connectivity index (χ1v) is 7.04. The van der Waals surface area contributed by atoms with Crippen LogP contribution in [0.1, 0.15) is 5.56 Å². The van der Waals surface area contributed by atoms with Crippen LogP contribution in [0.4, 0.5) is 24.5 Å². The summed E-state index contributed by atoms with van der Waals surface area (Å²) in [4.78, 5) is 11.9. The van der Waals surface area contributed by atoms with Crippen molar-refractivity contribution >= 4 is 11.4 Å². The number of hydrogen-bond acceptors (Lipinski definition) is 4. The SMILES string of the molecule is O=c1[nH][nH]c(-c2cccc(O)c2)c1N=Nc1ccccc1C(F)(F)F. The van der Waals surface area contributed by atoms with Gasteiger partial charge in [0.15, 0.2) is 5.69 Å².